The van der Waals surface area contributed by atoms with Crippen molar-refractivity contribution in [3.05, 3.63) is 70.3 Å². The second kappa shape index (κ2) is 6.93. The van der Waals surface area contributed by atoms with Gasteiger partial charge in [0, 0.05) is 23.1 Å². The van der Waals surface area contributed by atoms with Crippen molar-refractivity contribution in [2.45, 2.75) is 38.8 Å². The van der Waals surface area contributed by atoms with Gasteiger partial charge >= 0.3 is 0 Å². The third-order valence-electron chi connectivity index (χ3n) is 4.24. The summed E-state index contributed by atoms with van der Waals surface area (Å²) in [5, 5.41) is 3.78. The van der Waals surface area contributed by atoms with Crippen molar-refractivity contribution in [3.8, 4) is 5.75 Å². The molecule has 4 heteroatoms. The topological polar surface area (TPSA) is 38.3 Å². The largest absolute Gasteiger partial charge is 0.487 e. The summed E-state index contributed by atoms with van der Waals surface area (Å²) >= 11 is 5.87. The summed E-state index contributed by atoms with van der Waals surface area (Å²) in [6.45, 7) is 6.12. The van der Waals surface area contributed by atoms with Crippen LogP contribution in [0.2, 0.25) is 5.02 Å². The molecule has 0 spiro atoms. The fourth-order valence-corrected chi connectivity index (χ4v) is 3.18. The molecule has 3 rings (SSSR count). The molecule has 130 valence electrons. The van der Waals surface area contributed by atoms with Gasteiger partial charge in [-0.25, -0.2) is 0 Å². The lowest BCUT2D eigenvalue weighted by Gasteiger charge is -2.38. The van der Waals surface area contributed by atoms with Gasteiger partial charge in [0.15, 0.2) is 0 Å². The van der Waals surface area contributed by atoms with E-state index in [-0.39, 0.29) is 17.6 Å². The number of ether oxygens (including phenoxy) is 1. The average Bonchev–Trinajstić information content (AvgIpc) is 2.52. The molecule has 2 aromatic rings. The van der Waals surface area contributed by atoms with Crippen molar-refractivity contribution in [1.29, 1.82) is 0 Å². The molecule has 1 heterocycles. The minimum Gasteiger partial charge on any atom is -0.487 e. The zero-order chi connectivity index (χ0) is 18.0. The lowest BCUT2D eigenvalue weighted by Crippen LogP contribution is -2.40. The molecule has 0 fully saturated rings. The molecule has 0 saturated carbocycles. The number of carbonyl (C=O) groups is 1. The number of rotatable bonds is 3. The predicted octanol–water partition coefficient (Wildman–Crippen LogP) is 5.08. The molecule has 1 N–H and O–H groups in total. The molecule has 0 saturated heterocycles. The standard InChI is InChI=1S/C21H22ClNO2/c1-14-4-10-17-18(13-21(2,3)25-19(17)12-14)23-20(24)11-7-15-5-8-16(22)9-6-15/h4-12,18H,13H2,1-3H3,(H,23,24)/b11-7+. The molecule has 0 aliphatic carbocycles. The predicted molar refractivity (Wildman–Crippen MR) is 102 cm³/mol. The number of hydrogen-bond donors (Lipinski definition) is 1. The number of amides is 1. The summed E-state index contributed by atoms with van der Waals surface area (Å²) in [5.41, 5.74) is 2.78. The van der Waals surface area contributed by atoms with Crippen molar-refractivity contribution >= 4 is 23.6 Å². The maximum atomic E-state index is 12.4. The average molecular weight is 356 g/mol. The second-order valence-electron chi connectivity index (χ2n) is 7.05. The first-order valence-corrected chi connectivity index (χ1v) is 8.74. The highest BCUT2D eigenvalue weighted by Gasteiger charge is 2.34. The third kappa shape index (κ3) is 4.43. The second-order valence-corrected chi connectivity index (χ2v) is 7.49. The Morgan fingerprint density at radius 1 is 1.24 bits per heavy atom. The molecule has 2 aromatic carbocycles. The Labute approximate surface area is 153 Å². The Hall–Kier alpha value is -2.26. The van der Waals surface area contributed by atoms with Crippen LogP contribution in [0.4, 0.5) is 0 Å². The number of nitrogens with one attached hydrogen (secondary N) is 1. The molecule has 1 unspecified atom stereocenters. The van der Waals surface area contributed by atoms with E-state index in [1.807, 2.05) is 51.1 Å². The van der Waals surface area contributed by atoms with Crippen LogP contribution in [0.1, 0.15) is 43.0 Å². The maximum absolute atomic E-state index is 12.4. The fourth-order valence-electron chi connectivity index (χ4n) is 3.05. The molecular weight excluding hydrogens is 334 g/mol. The van der Waals surface area contributed by atoms with E-state index in [2.05, 4.69) is 5.32 Å². The molecule has 1 amide bonds. The van der Waals surface area contributed by atoms with Gasteiger partial charge in [-0.3, -0.25) is 4.79 Å². The first-order chi connectivity index (χ1) is 11.8. The third-order valence-corrected chi connectivity index (χ3v) is 4.49. The van der Waals surface area contributed by atoms with Crippen LogP contribution in [0.25, 0.3) is 6.08 Å². The Bertz CT molecular complexity index is 809. The van der Waals surface area contributed by atoms with Crippen LogP contribution in [0.3, 0.4) is 0 Å². The van der Waals surface area contributed by atoms with Crippen LogP contribution in [-0.4, -0.2) is 11.5 Å². The molecule has 1 aliphatic rings. The van der Waals surface area contributed by atoms with Gasteiger partial charge in [0.05, 0.1) is 6.04 Å². The number of aryl methyl sites for hydroxylation is 1. The van der Waals surface area contributed by atoms with Gasteiger partial charge in [-0.15, -0.1) is 0 Å². The van der Waals surface area contributed by atoms with Crippen molar-refractivity contribution in [2.75, 3.05) is 0 Å². The number of fused-ring (bicyclic) bond motifs is 1. The van der Waals surface area contributed by atoms with E-state index in [1.165, 1.54) is 0 Å². The lowest BCUT2D eigenvalue weighted by molar-refractivity contribution is -0.117. The van der Waals surface area contributed by atoms with E-state index < -0.39 is 0 Å². The van der Waals surface area contributed by atoms with Crippen LogP contribution in [-0.2, 0) is 4.79 Å². The van der Waals surface area contributed by atoms with Crippen LogP contribution >= 0.6 is 11.6 Å². The van der Waals surface area contributed by atoms with E-state index in [0.717, 1.165) is 28.9 Å². The Balaban J connectivity index is 1.75. The van der Waals surface area contributed by atoms with Crippen LogP contribution < -0.4 is 10.1 Å². The van der Waals surface area contributed by atoms with Gasteiger partial charge in [-0.05, 0) is 56.2 Å². The normalized spacial score (nSPS) is 18.5. The van der Waals surface area contributed by atoms with Gasteiger partial charge in [0.2, 0.25) is 5.91 Å². The Morgan fingerprint density at radius 2 is 1.96 bits per heavy atom. The first-order valence-electron chi connectivity index (χ1n) is 8.36. The molecule has 0 aromatic heterocycles. The number of carbonyl (C=O) groups excluding carboxylic acids is 1. The minimum atomic E-state index is -0.321. The van der Waals surface area contributed by atoms with Gasteiger partial charge in [-0.2, -0.15) is 0 Å². The fraction of sp³-hybridized carbons (Fsp3) is 0.286. The zero-order valence-electron chi connectivity index (χ0n) is 14.7. The molecular formula is C21H22ClNO2. The molecule has 25 heavy (non-hydrogen) atoms. The molecule has 1 atom stereocenters. The summed E-state index contributed by atoms with van der Waals surface area (Å²) in [6, 6.07) is 13.4. The van der Waals surface area contributed by atoms with Gasteiger partial charge < -0.3 is 10.1 Å². The van der Waals surface area contributed by atoms with Crippen LogP contribution in [0.15, 0.2) is 48.5 Å². The van der Waals surface area contributed by atoms with Crippen molar-refractivity contribution in [2.24, 2.45) is 0 Å². The Morgan fingerprint density at radius 3 is 2.68 bits per heavy atom. The number of benzene rings is 2. The number of halogens is 1. The SMILES string of the molecule is Cc1ccc2c(c1)OC(C)(C)CC2NC(=O)/C=C/c1ccc(Cl)cc1. The summed E-state index contributed by atoms with van der Waals surface area (Å²) in [6.07, 6.45) is 4.06. The van der Waals surface area contributed by atoms with E-state index in [4.69, 9.17) is 16.3 Å². The lowest BCUT2D eigenvalue weighted by atomic mass is 9.89. The van der Waals surface area contributed by atoms with Gasteiger partial charge in [0.1, 0.15) is 11.4 Å². The Kier molecular flexibility index (Phi) is 4.87. The highest BCUT2D eigenvalue weighted by atomic mass is 35.5. The minimum absolute atomic E-state index is 0.0679. The summed E-state index contributed by atoms with van der Waals surface area (Å²) < 4.78 is 6.07. The van der Waals surface area contributed by atoms with Crippen molar-refractivity contribution < 1.29 is 9.53 Å². The summed E-state index contributed by atoms with van der Waals surface area (Å²) in [5.74, 6) is 0.729. The highest BCUT2D eigenvalue weighted by molar-refractivity contribution is 6.30. The molecule has 0 radical (unpaired) electrons. The highest BCUT2D eigenvalue weighted by Crippen LogP contribution is 2.39. The molecule has 0 bridgehead atoms. The van der Waals surface area contributed by atoms with E-state index in [0.29, 0.717) is 5.02 Å². The van der Waals surface area contributed by atoms with Crippen molar-refractivity contribution in [1.82, 2.24) is 5.32 Å². The van der Waals surface area contributed by atoms with Crippen molar-refractivity contribution in [3.63, 3.8) is 0 Å². The number of hydrogen-bond acceptors (Lipinski definition) is 2. The zero-order valence-corrected chi connectivity index (χ0v) is 15.4. The van der Waals surface area contributed by atoms with E-state index >= 15 is 0 Å². The molecule has 1 aliphatic heterocycles. The van der Waals surface area contributed by atoms with Gasteiger partial charge in [-0.1, -0.05) is 35.9 Å². The van der Waals surface area contributed by atoms with E-state index in [9.17, 15) is 4.79 Å². The monoisotopic (exact) mass is 355 g/mol. The molecule has 3 nitrogen and oxygen atoms in total. The maximum Gasteiger partial charge on any atom is 0.244 e. The first kappa shape index (κ1) is 17.6. The smallest absolute Gasteiger partial charge is 0.244 e. The quantitative estimate of drug-likeness (QED) is 0.779. The van der Waals surface area contributed by atoms with Crippen LogP contribution in [0.5, 0.6) is 5.75 Å². The van der Waals surface area contributed by atoms with Crippen LogP contribution in [0, 0.1) is 6.92 Å². The van der Waals surface area contributed by atoms with Gasteiger partial charge in [0.25, 0.3) is 0 Å². The summed E-state index contributed by atoms with van der Waals surface area (Å²) in [7, 11) is 0. The van der Waals surface area contributed by atoms with E-state index in [1.54, 1.807) is 24.3 Å². The summed E-state index contributed by atoms with van der Waals surface area (Å²) in [4.78, 5) is 12.4.